The van der Waals surface area contributed by atoms with Crippen molar-refractivity contribution in [3.8, 4) is 0 Å². The lowest BCUT2D eigenvalue weighted by Gasteiger charge is -2.20. The highest BCUT2D eigenvalue weighted by atomic mass is 35.5. The average molecular weight is 311 g/mol. The summed E-state index contributed by atoms with van der Waals surface area (Å²) in [6.45, 7) is 2.72. The van der Waals surface area contributed by atoms with Crippen molar-refractivity contribution in [1.82, 2.24) is 10.3 Å². The van der Waals surface area contributed by atoms with Crippen molar-refractivity contribution in [2.45, 2.75) is 25.8 Å². The van der Waals surface area contributed by atoms with Gasteiger partial charge in [0.25, 0.3) is 0 Å². The van der Waals surface area contributed by atoms with Crippen molar-refractivity contribution in [2.75, 3.05) is 6.54 Å². The zero-order chi connectivity index (χ0) is 15.2. The molecule has 0 bridgehead atoms. The van der Waals surface area contributed by atoms with E-state index in [0.717, 1.165) is 6.42 Å². The smallest absolute Gasteiger partial charge is 0.146 e. The molecule has 21 heavy (non-hydrogen) atoms. The van der Waals surface area contributed by atoms with E-state index in [9.17, 15) is 8.78 Å². The van der Waals surface area contributed by atoms with E-state index < -0.39 is 5.82 Å². The van der Waals surface area contributed by atoms with Crippen LogP contribution >= 0.6 is 11.6 Å². The Balaban J connectivity index is 2.31. The third kappa shape index (κ3) is 3.99. The molecule has 2 aromatic rings. The number of hydrogen-bond donors (Lipinski definition) is 1. The van der Waals surface area contributed by atoms with Gasteiger partial charge in [0, 0.05) is 28.4 Å². The molecule has 0 aliphatic heterocycles. The second-order valence-electron chi connectivity index (χ2n) is 4.81. The summed E-state index contributed by atoms with van der Waals surface area (Å²) in [6, 6.07) is 5.82. The van der Waals surface area contributed by atoms with Gasteiger partial charge in [0.1, 0.15) is 11.6 Å². The molecule has 0 saturated heterocycles. The van der Waals surface area contributed by atoms with E-state index in [1.54, 1.807) is 18.2 Å². The highest BCUT2D eigenvalue weighted by Gasteiger charge is 2.19. The molecule has 1 aromatic carbocycles. The molecule has 2 rings (SSSR count). The largest absolute Gasteiger partial charge is 0.310 e. The van der Waals surface area contributed by atoms with E-state index in [1.807, 2.05) is 6.92 Å². The number of nitrogens with zero attached hydrogens (tertiary/aromatic N) is 1. The molecule has 5 heteroatoms. The molecule has 0 radical (unpaired) electrons. The molecule has 1 atom stereocenters. The second kappa shape index (κ2) is 7.48. The molecule has 1 N–H and O–H groups in total. The van der Waals surface area contributed by atoms with E-state index >= 15 is 0 Å². The first-order valence-electron chi connectivity index (χ1n) is 6.89. The van der Waals surface area contributed by atoms with Crippen LogP contribution in [0, 0.1) is 11.6 Å². The normalized spacial score (nSPS) is 12.4. The first kappa shape index (κ1) is 15.9. The number of pyridine rings is 1. The maximum atomic E-state index is 13.9. The summed E-state index contributed by atoms with van der Waals surface area (Å²) in [6.07, 6.45) is 3.88. The van der Waals surface area contributed by atoms with Crippen LogP contribution in [-0.4, -0.2) is 11.5 Å². The Bertz CT molecular complexity index is 584. The highest BCUT2D eigenvalue weighted by molar-refractivity contribution is 6.31. The van der Waals surface area contributed by atoms with Gasteiger partial charge in [0.15, 0.2) is 0 Å². The van der Waals surface area contributed by atoms with Crippen molar-refractivity contribution in [3.63, 3.8) is 0 Å². The van der Waals surface area contributed by atoms with Gasteiger partial charge in [-0.15, -0.1) is 0 Å². The summed E-state index contributed by atoms with van der Waals surface area (Å²) >= 11 is 6.06. The topological polar surface area (TPSA) is 24.9 Å². The predicted molar refractivity (Wildman–Crippen MR) is 80.3 cm³/mol. The van der Waals surface area contributed by atoms with Crippen LogP contribution in [-0.2, 0) is 6.42 Å². The third-order valence-corrected chi connectivity index (χ3v) is 3.64. The molecular weight excluding hydrogens is 294 g/mol. The Morgan fingerprint density at radius 2 is 2.05 bits per heavy atom. The fourth-order valence-corrected chi connectivity index (χ4v) is 2.45. The average Bonchev–Trinajstić information content (AvgIpc) is 2.47. The maximum Gasteiger partial charge on any atom is 0.146 e. The summed E-state index contributed by atoms with van der Waals surface area (Å²) in [7, 11) is 0. The maximum absolute atomic E-state index is 13.9. The number of rotatable bonds is 6. The summed E-state index contributed by atoms with van der Waals surface area (Å²) in [5.41, 5.74) is 0.863. The highest BCUT2D eigenvalue weighted by Crippen LogP contribution is 2.26. The van der Waals surface area contributed by atoms with E-state index in [2.05, 4.69) is 10.3 Å². The van der Waals surface area contributed by atoms with Crippen LogP contribution in [0.3, 0.4) is 0 Å². The molecular formula is C16H17ClF2N2. The van der Waals surface area contributed by atoms with E-state index in [0.29, 0.717) is 22.7 Å². The monoisotopic (exact) mass is 310 g/mol. The molecule has 0 fully saturated rings. The molecule has 0 spiro atoms. The van der Waals surface area contributed by atoms with Gasteiger partial charge in [-0.25, -0.2) is 8.78 Å². The molecule has 1 unspecified atom stereocenters. The predicted octanol–water partition coefficient (Wildman–Crippen LogP) is 4.30. The number of benzene rings is 1. The van der Waals surface area contributed by atoms with Crippen LogP contribution in [0.5, 0.6) is 0 Å². The minimum Gasteiger partial charge on any atom is -0.310 e. The fraction of sp³-hybridized carbons (Fsp3) is 0.312. The first-order valence-corrected chi connectivity index (χ1v) is 7.27. The van der Waals surface area contributed by atoms with Crippen LogP contribution in [0.4, 0.5) is 8.78 Å². The van der Waals surface area contributed by atoms with Gasteiger partial charge < -0.3 is 5.32 Å². The van der Waals surface area contributed by atoms with Crippen molar-refractivity contribution >= 4 is 11.6 Å². The van der Waals surface area contributed by atoms with Crippen LogP contribution in [0.25, 0.3) is 0 Å². The zero-order valence-corrected chi connectivity index (χ0v) is 12.5. The van der Waals surface area contributed by atoms with Crippen molar-refractivity contribution < 1.29 is 8.78 Å². The fourth-order valence-electron chi connectivity index (χ4n) is 2.21. The molecule has 0 aliphatic carbocycles. The Kier molecular flexibility index (Phi) is 5.65. The Labute approximate surface area is 128 Å². The van der Waals surface area contributed by atoms with Gasteiger partial charge in [-0.2, -0.15) is 0 Å². The standard InChI is InChI=1S/C16H17ClF2N2/c1-2-7-21-16(11-6-8-20-10-15(11)19)9-12-13(17)4-3-5-14(12)18/h3-6,8,10,16,21H,2,7,9H2,1H3. The summed E-state index contributed by atoms with van der Waals surface area (Å²) in [5.74, 6) is -0.779. The Morgan fingerprint density at radius 1 is 1.24 bits per heavy atom. The van der Waals surface area contributed by atoms with Crippen molar-refractivity contribution in [3.05, 3.63) is 64.4 Å². The molecule has 0 saturated carbocycles. The lowest BCUT2D eigenvalue weighted by molar-refractivity contribution is 0.485. The minimum atomic E-state index is -0.404. The molecule has 112 valence electrons. The number of aromatic nitrogens is 1. The Morgan fingerprint density at radius 3 is 2.71 bits per heavy atom. The molecule has 1 heterocycles. The lowest BCUT2D eigenvalue weighted by Crippen LogP contribution is -2.25. The van der Waals surface area contributed by atoms with Gasteiger partial charge in [-0.05, 0) is 37.6 Å². The molecule has 0 aliphatic rings. The van der Waals surface area contributed by atoms with Crippen LogP contribution < -0.4 is 5.32 Å². The number of hydrogen-bond acceptors (Lipinski definition) is 2. The van der Waals surface area contributed by atoms with Gasteiger partial charge in [0.05, 0.1) is 6.20 Å². The van der Waals surface area contributed by atoms with Gasteiger partial charge >= 0.3 is 0 Å². The minimum absolute atomic E-state index is 0.284. The van der Waals surface area contributed by atoms with Crippen molar-refractivity contribution in [1.29, 1.82) is 0 Å². The summed E-state index contributed by atoms with van der Waals surface area (Å²) in [4.78, 5) is 3.75. The third-order valence-electron chi connectivity index (χ3n) is 3.29. The zero-order valence-electron chi connectivity index (χ0n) is 11.7. The van der Waals surface area contributed by atoms with Crippen molar-refractivity contribution in [2.24, 2.45) is 0 Å². The Hall–Kier alpha value is -1.52. The van der Waals surface area contributed by atoms with Gasteiger partial charge in [-0.1, -0.05) is 24.6 Å². The SMILES string of the molecule is CCCNC(Cc1c(F)cccc1Cl)c1ccncc1F. The number of halogens is 3. The van der Waals surface area contributed by atoms with Gasteiger partial charge in [0.2, 0.25) is 0 Å². The number of nitrogens with one attached hydrogen (secondary N) is 1. The first-order chi connectivity index (χ1) is 10.1. The van der Waals surface area contributed by atoms with E-state index in [-0.39, 0.29) is 18.3 Å². The van der Waals surface area contributed by atoms with Gasteiger partial charge in [-0.3, -0.25) is 4.98 Å². The molecule has 2 nitrogen and oxygen atoms in total. The second-order valence-corrected chi connectivity index (χ2v) is 5.22. The van der Waals surface area contributed by atoms with E-state index in [4.69, 9.17) is 11.6 Å². The van der Waals surface area contributed by atoms with Crippen LogP contribution in [0.2, 0.25) is 5.02 Å². The summed E-state index contributed by atoms with van der Waals surface area (Å²) < 4.78 is 27.9. The molecule has 1 aromatic heterocycles. The molecule has 0 amide bonds. The van der Waals surface area contributed by atoms with E-state index in [1.165, 1.54) is 18.5 Å². The summed E-state index contributed by atoms with van der Waals surface area (Å²) in [5, 5.41) is 3.59. The quantitative estimate of drug-likeness (QED) is 0.860. The lowest BCUT2D eigenvalue weighted by atomic mass is 9.98. The van der Waals surface area contributed by atoms with Crippen LogP contribution in [0.1, 0.15) is 30.5 Å². The van der Waals surface area contributed by atoms with Crippen LogP contribution in [0.15, 0.2) is 36.7 Å².